The topological polar surface area (TPSA) is 93.1 Å². The van der Waals surface area contributed by atoms with E-state index in [0.717, 1.165) is 27.8 Å². The predicted molar refractivity (Wildman–Crippen MR) is 170 cm³/mol. The van der Waals surface area contributed by atoms with E-state index in [1.165, 1.54) is 4.90 Å². The van der Waals surface area contributed by atoms with Gasteiger partial charge in [-0.1, -0.05) is 91.3 Å². The minimum atomic E-state index is -1.10. The van der Waals surface area contributed by atoms with Crippen molar-refractivity contribution in [2.75, 3.05) is 13.1 Å². The molecule has 1 amide bonds. The van der Waals surface area contributed by atoms with Crippen molar-refractivity contribution in [3.8, 4) is 11.5 Å². The van der Waals surface area contributed by atoms with Crippen LogP contribution in [-0.4, -0.2) is 40.8 Å². The molecule has 0 fully saturated rings. The zero-order valence-electron chi connectivity index (χ0n) is 25.3. The lowest BCUT2D eigenvalue weighted by Crippen LogP contribution is -2.36. The van der Waals surface area contributed by atoms with Crippen molar-refractivity contribution in [2.24, 2.45) is 0 Å². The number of benzene rings is 4. The minimum absolute atomic E-state index is 0.0946. The number of carboxylic acids is 1. The average Bonchev–Trinajstić information content (AvgIpc) is 3.03. The molecule has 0 atom stereocenters. The van der Waals surface area contributed by atoms with Gasteiger partial charge in [-0.05, 0) is 61.1 Å². The van der Waals surface area contributed by atoms with Gasteiger partial charge in [-0.25, -0.2) is 0 Å². The molecular formula is C37H39NO6. The molecule has 0 aromatic heterocycles. The Balaban J connectivity index is 1.46. The quantitative estimate of drug-likeness (QED) is 0.107. The third-order valence-electron chi connectivity index (χ3n) is 7.52. The number of Topliss-reactive ketones (excluding diaryl/α,β-unsaturated/α-hetero) is 1. The van der Waals surface area contributed by atoms with E-state index in [4.69, 9.17) is 9.47 Å². The summed E-state index contributed by atoms with van der Waals surface area (Å²) in [4.78, 5) is 39.7. The van der Waals surface area contributed by atoms with Crippen molar-refractivity contribution in [3.05, 3.63) is 130 Å². The Morgan fingerprint density at radius 1 is 0.682 bits per heavy atom. The molecule has 0 aliphatic rings. The van der Waals surface area contributed by atoms with Gasteiger partial charge < -0.3 is 19.5 Å². The van der Waals surface area contributed by atoms with Crippen LogP contribution in [0.15, 0.2) is 97.1 Å². The average molecular weight is 594 g/mol. The van der Waals surface area contributed by atoms with E-state index in [2.05, 4.69) is 0 Å². The first-order valence-electron chi connectivity index (χ1n) is 14.9. The summed E-state index contributed by atoms with van der Waals surface area (Å²) < 4.78 is 12.3. The molecule has 7 nitrogen and oxygen atoms in total. The highest BCUT2D eigenvalue weighted by molar-refractivity contribution is 5.99. The Labute approximate surface area is 259 Å². The maximum atomic E-state index is 13.8. The molecule has 1 N–H and O–H groups in total. The van der Waals surface area contributed by atoms with Crippen LogP contribution in [-0.2, 0) is 18.0 Å². The zero-order valence-corrected chi connectivity index (χ0v) is 25.3. The molecule has 0 unspecified atom stereocenters. The lowest BCUT2D eigenvalue weighted by atomic mass is 9.97. The third-order valence-corrected chi connectivity index (χ3v) is 7.52. The van der Waals surface area contributed by atoms with Gasteiger partial charge in [0, 0.05) is 18.5 Å². The third kappa shape index (κ3) is 9.04. The molecular weight excluding hydrogens is 554 g/mol. The predicted octanol–water partition coefficient (Wildman–Crippen LogP) is 7.43. The van der Waals surface area contributed by atoms with Gasteiger partial charge in [0.05, 0.1) is 5.56 Å². The molecule has 228 valence electrons. The number of unbranched alkanes of at least 4 members (excludes halogenated alkanes) is 2. The number of carboxylic acid groups (broad SMARTS) is 1. The van der Waals surface area contributed by atoms with Crippen molar-refractivity contribution in [3.63, 3.8) is 0 Å². The van der Waals surface area contributed by atoms with Crippen molar-refractivity contribution >= 4 is 17.7 Å². The first kappa shape index (κ1) is 32.0. The molecule has 44 heavy (non-hydrogen) atoms. The molecule has 0 heterocycles. The van der Waals surface area contributed by atoms with E-state index in [9.17, 15) is 19.5 Å². The lowest BCUT2D eigenvalue weighted by Gasteiger charge is -2.23. The Morgan fingerprint density at radius 2 is 1.30 bits per heavy atom. The maximum absolute atomic E-state index is 13.8. The lowest BCUT2D eigenvalue weighted by molar-refractivity contribution is -0.137. The van der Waals surface area contributed by atoms with Gasteiger partial charge in [0.1, 0.15) is 19.8 Å². The summed E-state index contributed by atoms with van der Waals surface area (Å²) in [5, 5.41) is 9.62. The van der Waals surface area contributed by atoms with E-state index in [-0.39, 0.29) is 36.9 Å². The van der Waals surface area contributed by atoms with Crippen LogP contribution in [0.25, 0.3) is 0 Å². The highest BCUT2D eigenvalue weighted by Crippen LogP contribution is 2.34. The monoisotopic (exact) mass is 593 g/mol. The van der Waals surface area contributed by atoms with Crippen molar-refractivity contribution < 1.29 is 29.0 Å². The highest BCUT2D eigenvalue weighted by atomic mass is 16.5. The molecule has 4 rings (SSSR count). The van der Waals surface area contributed by atoms with Crippen LogP contribution in [0.4, 0.5) is 0 Å². The molecule has 0 radical (unpaired) electrons. The standard InChI is InChI=1S/C37H39NO6/c1-27-14-12-19-31(28(27)2)33(39)21-10-5-11-23-38(24-35(40)41)37(42)32-20-13-22-34(43-25-29-15-6-3-7-16-29)36(32)44-26-30-17-8-4-9-18-30/h3-4,6-9,12-20,22H,5,10-11,21,23-26H2,1-2H3,(H,40,41). The number of aliphatic carboxylic acids is 1. The van der Waals surface area contributed by atoms with Crippen LogP contribution in [0.2, 0.25) is 0 Å². The number of amides is 1. The number of carbonyl (C=O) groups is 3. The minimum Gasteiger partial charge on any atom is -0.485 e. The van der Waals surface area contributed by atoms with Crippen molar-refractivity contribution in [1.29, 1.82) is 0 Å². The summed E-state index contributed by atoms with van der Waals surface area (Å²) in [7, 11) is 0. The summed E-state index contributed by atoms with van der Waals surface area (Å²) in [5.74, 6) is -0.793. The Morgan fingerprint density at radius 3 is 1.95 bits per heavy atom. The fraction of sp³-hybridized carbons (Fsp3) is 0.270. The first-order chi connectivity index (χ1) is 21.3. The molecule has 0 saturated heterocycles. The number of ether oxygens (including phenoxy) is 2. The summed E-state index contributed by atoms with van der Waals surface area (Å²) in [5.41, 5.74) is 4.93. The highest BCUT2D eigenvalue weighted by Gasteiger charge is 2.24. The number of ketones is 1. The van der Waals surface area contributed by atoms with Gasteiger partial charge in [-0.2, -0.15) is 0 Å². The van der Waals surface area contributed by atoms with E-state index in [0.29, 0.717) is 31.4 Å². The number of carbonyl (C=O) groups excluding carboxylic acids is 2. The summed E-state index contributed by atoms with van der Waals surface area (Å²) in [6.45, 7) is 4.21. The normalized spacial score (nSPS) is 10.7. The fourth-order valence-corrected chi connectivity index (χ4v) is 4.95. The molecule has 4 aromatic carbocycles. The van der Waals surface area contributed by atoms with Gasteiger partial charge in [0.2, 0.25) is 0 Å². The zero-order chi connectivity index (χ0) is 31.3. The second-order valence-electron chi connectivity index (χ2n) is 10.8. The Hall–Kier alpha value is -4.91. The van der Waals surface area contributed by atoms with Crippen LogP contribution < -0.4 is 9.47 Å². The van der Waals surface area contributed by atoms with Gasteiger partial charge in [0.15, 0.2) is 17.3 Å². The van der Waals surface area contributed by atoms with Crippen molar-refractivity contribution in [1.82, 2.24) is 4.90 Å². The largest absolute Gasteiger partial charge is 0.485 e. The van der Waals surface area contributed by atoms with Gasteiger partial charge >= 0.3 is 5.97 Å². The van der Waals surface area contributed by atoms with Crippen LogP contribution in [0.1, 0.15) is 68.7 Å². The van der Waals surface area contributed by atoms with E-state index in [1.54, 1.807) is 18.2 Å². The smallest absolute Gasteiger partial charge is 0.323 e. The Kier molecular flexibility index (Phi) is 11.7. The number of hydrogen-bond acceptors (Lipinski definition) is 5. The second kappa shape index (κ2) is 16.1. The SMILES string of the molecule is Cc1cccc(C(=O)CCCCCN(CC(=O)O)C(=O)c2cccc(OCc3ccccc3)c2OCc2ccccc2)c1C. The molecule has 4 aromatic rings. The molecule has 0 aliphatic heterocycles. The summed E-state index contributed by atoms with van der Waals surface area (Å²) in [6, 6.07) is 30.1. The molecule has 7 heteroatoms. The van der Waals surface area contributed by atoms with Crippen LogP contribution in [0.5, 0.6) is 11.5 Å². The fourth-order valence-electron chi connectivity index (χ4n) is 4.95. The summed E-state index contributed by atoms with van der Waals surface area (Å²) >= 11 is 0. The van der Waals surface area contributed by atoms with Crippen LogP contribution in [0.3, 0.4) is 0 Å². The van der Waals surface area contributed by atoms with Gasteiger partial charge in [0.25, 0.3) is 5.91 Å². The second-order valence-corrected chi connectivity index (χ2v) is 10.8. The van der Waals surface area contributed by atoms with Crippen molar-refractivity contribution in [2.45, 2.75) is 52.7 Å². The summed E-state index contributed by atoms with van der Waals surface area (Å²) in [6.07, 6.45) is 2.28. The number of para-hydroxylation sites is 1. The van der Waals surface area contributed by atoms with Gasteiger partial charge in [-0.15, -0.1) is 0 Å². The number of rotatable bonds is 16. The Bertz CT molecular complexity index is 1550. The maximum Gasteiger partial charge on any atom is 0.323 e. The van der Waals surface area contributed by atoms with E-state index in [1.807, 2.05) is 92.7 Å². The molecule has 0 aliphatic carbocycles. The van der Waals surface area contributed by atoms with Crippen LogP contribution >= 0.6 is 0 Å². The molecule has 0 saturated carbocycles. The van der Waals surface area contributed by atoms with E-state index >= 15 is 0 Å². The molecule has 0 spiro atoms. The first-order valence-corrected chi connectivity index (χ1v) is 14.9. The van der Waals surface area contributed by atoms with Gasteiger partial charge in [-0.3, -0.25) is 14.4 Å². The van der Waals surface area contributed by atoms with E-state index < -0.39 is 18.4 Å². The number of aryl methyl sites for hydroxylation is 1. The molecule has 0 bridgehead atoms. The number of nitrogens with zero attached hydrogens (tertiary/aromatic N) is 1. The van der Waals surface area contributed by atoms with Crippen LogP contribution in [0, 0.1) is 13.8 Å². The number of hydrogen-bond donors (Lipinski definition) is 1.